The van der Waals surface area contributed by atoms with Crippen molar-refractivity contribution < 1.29 is 32.0 Å². The Morgan fingerprint density at radius 3 is 2.34 bits per heavy atom. The van der Waals surface area contributed by atoms with E-state index in [0.717, 1.165) is 28.6 Å². The second kappa shape index (κ2) is 11.3. The standard InChI is InChI=1S/C25H28FN5O6S/c1-16(32)17-4-8-19(9-5-17)28-25(35)30-13-14-31(38(36,37)20-10-6-18(26)7-11-20)22(15-30)24(34)29-21-3-2-12-27-23(21)33/h4-11,21-22H,2-3,12-15H2,1H3,(H,27,33)(H,28,35)(H,29,34)/t21-,22+/m0/s1. The van der Waals surface area contributed by atoms with Crippen molar-refractivity contribution in [1.29, 1.82) is 0 Å². The number of sulfonamides is 1. The predicted molar refractivity (Wildman–Crippen MR) is 135 cm³/mol. The average molecular weight is 546 g/mol. The maximum atomic E-state index is 13.4. The number of carbonyl (C=O) groups is 4. The van der Waals surface area contributed by atoms with Crippen molar-refractivity contribution in [2.24, 2.45) is 0 Å². The number of nitrogens with one attached hydrogen (secondary N) is 3. The van der Waals surface area contributed by atoms with Crippen LogP contribution in [0.5, 0.6) is 0 Å². The summed E-state index contributed by atoms with van der Waals surface area (Å²) in [6, 6.07) is 7.78. The molecule has 2 aliphatic rings. The molecule has 2 aromatic rings. The first-order valence-corrected chi connectivity index (χ1v) is 13.5. The third-order valence-electron chi connectivity index (χ3n) is 6.49. The Kier molecular flexibility index (Phi) is 8.07. The molecule has 38 heavy (non-hydrogen) atoms. The summed E-state index contributed by atoms with van der Waals surface area (Å²) in [6.07, 6.45) is 1.05. The maximum Gasteiger partial charge on any atom is 0.321 e. The highest BCUT2D eigenvalue weighted by Gasteiger charge is 2.42. The van der Waals surface area contributed by atoms with Gasteiger partial charge >= 0.3 is 6.03 Å². The lowest BCUT2D eigenvalue weighted by Gasteiger charge is -2.40. The molecule has 2 atom stereocenters. The van der Waals surface area contributed by atoms with Crippen molar-refractivity contribution in [3.8, 4) is 0 Å². The molecule has 0 radical (unpaired) electrons. The molecule has 0 saturated carbocycles. The highest BCUT2D eigenvalue weighted by atomic mass is 32.2. The molecule has 2 heterocycles. The predicted octanol–water partition coefficient (Wildman–Crippen LogP) is 1.33. The van der Waals surface area contributed by atoms with Gasteiger partial charge in [0, 0.05) is 37.4 Å². The van der Waals surface area contributed by atoms with Crippen molar-refractivity contribution in [3.63, 3.8) is 0 Å². The fourth-order valence-corrected chi connectivity index (χ4v) is 5.93. The number of hydrogen-bond acceptors (Lipinski definition) is 6. The van der Waals surface area contributed by atoms with Crippen LogP contribution in [-0.2, 0) is 19.6 Å². The number of urea groups is 1. The van der Waals surface area contributed by atoms with E-state index in [0.29, 0.717) is 30.6 Å². The van der Waals surface area contributed by atoms with Gasteiger partial charge in [-0.2, -0.15) is 4.31 Å². The molecule has 0 aromatic heterocycles. The number of carbonyl (C=O) groups excluding carboxylic acids is 4. The molecule has 4 amide bonds. The summed E-state index contributed by atoms with van der Waals surface area (Å²) in [4.78, 5) is 51.1. The molecule has 0 bridgehead atoms. The molecule has 4 rings (SSSR count). The van der Waals surface area contributed by atoms with Crippen LogP contribution in [0.4, 0.5) is 14.9 Å². The summed E-state index contributed by atoms with van der Waals surface area (Å²) in [7, 11) is -4.23. The van der Waals surface area contributed by atoms with Gasteiger partial charge in [0.05, 0.1) is 4.90 Å². The molecule has 2 aliphatic heterocycles. The third kappa shape index (κ3) is 6.00. The second-order valence-corrected chi connectivity index (χ2v) is 11.0. The van der Waals surface area contributed by atoms with Gasteiger partial charge in [0.25, 0.3) is 0 Å². The van der Waals surface area contributed by atoms with Crippen LogP contribution < -0.4 is 16.0 Å². The van der Waals surface area contributed by atoms with E-state index in [1.807, 2.05) is 0 Å². The molecule has 2 fully saturated rings. The van der Waals surface area contributed by atoms with E-state index in [2.05, 4.69) is 16.0 Å². The fraction of sp³-hybridized carbons (Fsp3) is 0.360. The van der Waals surface area contributed by atoms with E-state index in [9.17, 15) is 32.0 Å². The molecule has 0 aliphatic carbocycles. The minimum atomic E-state index is -4.23. The van der Waals surface area contributed by atoms with Gasteiger partial charge in [-0.15, -0.1) is 0 Å². The number of Topliss-reactive ketones (excluding diaryl/α,β-unsaturated/α-hetero) is 1. The van der Waals surface area contributed by atoms with Crippen molar-refractivity contribution >= 4 is 39.3 Å². The summed E-state index contributed by atoms with van der Waals surface area (Å²) in [5, 5.41) is 7.97. The molecule has 3 N–H and O–H groups in total. The lowest BCUT2D eigenvalue weighted by molar-refractivity contribution is -0.132. The molecular weight excluding hydrogens is 517 g/mol. The number of halogens is 1. The molecule has 0 spiro atoms. The number of piperidine rings is 1. The van der Waals surface area contributed by atoms with Gasteiger partial charge in [-0.1, -0.05) is 0 Å². The SMILES string of the molecule is CC(=O)c1ccc(NC(=O)N2CCN(S(=O)(=O)c3ccc(F)cc3)[C@@H](C(=O)N[C@H]3CCCNC3=O)C2)cc1. The molecule has 0 unspecified atom stereocenters. The Bertz CT molecular complexity index is 1330. The zero-order valence-corrected chi connectivity index (χ0v) is 21.5. The zero-order chi connectivity index (χ0) is 27.4. The molecular formula is C25H28FN5O6S. The van der Waals surface area contributed by atoms with Crippen LogP contribution in [0.15, 0.2) is 53.4 Å². The van der Waals surface area contributed by atoms with Gasteiger partial charge in [-0.25, -0.2) is 17.6 Å². The Labute approximate surface area is 219 Å². The number of rotatable bonds is 6. The van der Waals surface area contributed by atoms with Gasteiger partial charge < -0.3 is 20.9 Å². The van der Waals surface area contributed by atoms with Gasteiger partial charge in [0.2, 0.25) is 21.8 Å². The largest absolute Gasteiger partial charge is 0.354 e. The second-order valence-electron chi connectivity index (χ2n) is 9.09. The minimum absolute atomic E-state index is 0.0223. The van der Waals surface area contributed by atoms with E-state index in [1.165, 1.54) is 11.8 Å². The van der Waals surface area contributed by atoms with Gasteiger partial charge in [-0.3, -0.25) is 14.4 Å². The van der Waals surface area contributed by atoms with E-state index in [1.54, 1.807) is 24.3 Å². The van der Waals surface area contributed by atoms with Gasteiger partial charge in [0.15, 0.2) is 5.78 Å². The monoisotopic (exact) mass is 545 g/mol. The fourth-order valence-electron chi connectivity index (χ4n) is 4.36. The van der Waals surface area contributed by atoms with Gasteiger partial charge in [0.1, 0.15) is 17.9 Å². The first-order chi connectivity index (χ1) is 18.1. The van der Waals surface area contributed by atoms with E-state index < -0.39 is 39.9 Å². The average Bonchev–Trinajstić information content (AvgIpc) is 2.90. The smallest absolute Gasteiger partial charge is 0.321 e. The number of amides is 4. The number of piperazine rings is 1. The van der Waals surface area contributed by atoms with Crippen molar-refractivity contribution in [3.05, 3.63) is 59.9 Å². The molecule has 13 heteroatoms. The van der Waals surface area contributed by atoms with Gasteiger partial charge in [-0.05, 0) is 68.3 Å². The number of ketones is 1. The first kappa shape index (κ1) is 27.2. The highest BCUT2D eigenvalue weighted by molar-refractivity contribution is 7.89. The third-order valence-corrected chi connectivity index (χ3v) is 8.41. The van der Waals surface area contributed by atoms with Crippen LogP contribution in [0.1, 0.15) is 30.1 Å². The van der Waals surface area contributed by atoms with E-state index in [-0.39, 0.29) is 36.2 Å². The van der Waals surface area contributed by atoms with Crippen molar-refractivity contribution in [2.75, 3.05) is 31.5 Å². The van der Waals surface area contributed by atoms with Crippen LogP contribution in [-0.4, -0.2) is 79.5 Å². The number of anilines is 1. The number of nitrogens with zero attached hydrogens (tertiary/aromatic N) is 2. The molecule has 2 aromatic carbocycles. The summed E-state index contributed by atoms with van der Waals surface area (Å²) < 4.78 is 41.2. The number of benzene rings is 2. The van der Waals surface area contributed by atoms with Crippen LogP contribution in [0.25, 0.3) is 0 Å². The minimum Gasteiger partial charge on any atom is -0.354 e. The van der Waals surface area contributed by atoms with Crippen molar-refractivity contribution in [1.82, 2.24) is 19.8 Å². The van der Waals surface area contributed by atoms with Crippen LogP contribution in [0.2, 0.25) is 0 Å². The molecule has 2 saturated heterocycles. The number of hydrogen-bond donors (Lipinski definition) is 3. The maximum absolute atomic E-state index is 13.4. The van der Waals surface area contributed by atoms with Crippen molar-refractivity contribution in [2.45, 2.75) is 36.7 Å². The topological polar surface area (TPSA) is 145 Å². The Morgan fingerprint density at radius 2 is 1.71 bits per heavy atom. The van der Waals surface area contributed by atoms with Crippen LogP contribution in [0.3, 0.4) is 0 Å². The molecule has 202 valence electrons. The normalized spacial score (nSPS) is 20.4. The van der Waals surface area contributed by atoms with Crippen LogP contribution in [0, 0.1) is 5.82 Å². The lowest BCUT2D eigenvalue weighted by atomic mass is 10.1. The quantitative estimate of drug-likeness (QED) is 0.467. The van der Waals surface area contributed by atoms with Crippen LogP contribution >= 0.6 is 0 Å². The van der Waals surface area contributed by atoms with E-state index in [4.69, 9.17) is 0 Å². The Morgan fingerprint density at radius 1 is 1.03 bits per heavy atom. The molecule has 11 nitrogen and oxygen atoms in total. The highest BCUT2D eigenvalue weighted by Crippen LogP contribution is 2.23. The Balaban J connectivity index is 1.55. The lowest BCUT2D eigenvalue weighted by Crippen LogP contribution is -2.63. The summed E-state index contributed by atoms with van der Waals surface area (Å²) >= 11 is 0. The Hall–Kier alpha value is -3.84. The van der Waals surface area contributed by atoms with E-state index >= 15 is 0 Å². The summed E-state index contributed by atoms with van der Waals surface area (Å²) in [5.74, 6) is -1.82. The zero-order valence-electron chi connectivity index (χ0n) is 20.6. The first-order valence-electron chi connectivity index (χ1n) is 12.1. The summed E-state index contributed by atoms with van der Waals surface area (Å²) in [6.45, 7) is 1.41. The summed E-state index contributed by atoms with van der Waals surface area (Å²) in [5.41, 5.74) is 0.896.